The molecule has 0 aliphatic rings. The quantitative estimate of drug-likeness (QED) is 0.131. The molecule has 50 heavy (non-hydrogen) atoms. The summed E-state index contributed by atoms with van der Waals surface area (Å²) in [4.78, 5) is 4.56. The van der Waals surface area contributed by atoms with Crippen molar-refractivity contribution in [3.05, 3.63) is 187 Å². The fourth-order valence-electron chi connectivity index (χ4n) is 6.45. The molecule has 0 radical (unpaired) electrons. The molecule has 0 aliphatic heterocycles. The number of thiophene rings is 3. The van der Waals surface area contributed by atoms with Crippen molar-refractivity contribution >= 4 is 81.2 Å². The minimum Gasteiger partial charge on any atom is -0.311 e. The van der Waals surface area contributed by atoms with E-state index in [-0.39, 0.29) is 0 Å². The first-order valence-corrected chi connectivity index (χ1v) is 19.1. The molecule has 0 bridgehead atoms. The zero-order valence-electron chi connectivity index (χ0n) is 27.6. The van der Waals surface area contributed by atoms with Crippen LogP contribution >= 0.6 is 34.0 Å². The van der Waals surface area contributed by atoms with Crippen LogP contribution in [0.2, 0.25) is 0 Å². The van der Waals surface area contributed by atoms with E-state index in [4.69, 9.17) is 0 Å². The fraction of sp³-hybridized carbons (Fsp3) is 0.0222. The Morgan fingerprint density at radius 1 is 0.540 bits per heavy atom. The lowest BCUT2D eigenvalue weighted by Crippen LogP contribution is -2.14. The molecule has 0 atom stereocenters. The zero-order valence-corrected chi connectivity index (χ0v) is 30.0. The summed E-state index contributed by atoms with van der Waals surface area (Å²) in [6.07, 6.45) is 8.11. The first-order valence-electron chi connectivity index (χ1n) is 16.6. The average molecular weight is 699 g/mol. The molecule has 0 amide bonds. The van der Waals surface area contributed by atoms with Crippen LogP contribution in [0.4, 0.5) is 28.4 Å². The largest absolute Gasteiger partial charge is 0.311 e. The van der Waals surface area contributed by atoms with Gasteiger partial charge in [-0.25, -0.2) is 0 Å². The van der Waals surface area contributed by atoms with E-state index in [2.05, 4.69) is 179 Å². The third kappa shape index (κ3) is 6.01. The number of hydrogen-bond acceptors (Lipinski definition) is 5. The number of allylic oxidation sites excluding steroid dienone is 4. The van der Waals surface area contributed by atoms with Crippen molar-refractivity contribution in [2.45, 2.75) is 6.92 Å². The summed E-state index contributed by atoms with van der Waals surface area (Å²) in [5.41, 5.74) is 11.7. The second-order valence-corrected chi connectivity index (χ2v) is 15.1. The molecule has 0 spiro atoms. The van der Waals surface area contributed by atoms with Crippen molar-refractivity contribution in [2.24, 2.45) is 0 Å². The van der Waals surface area contributed by atoms with Crippen LogP contribution in [0.1, 0.15) is 6.92 Å². The van der Waals surface area contributed by atoms with Crippen molar-refractivity contribution in [2.75, 3.05) is 9.80 Å². The van der Waals surface area contributed by atoms with Crippen molar-refractivity contribution in [3.63, 3.8) is 0 Å². The first kappa shape index (κ1) is 31.8. The number of nitrogens with zero attached hydrogens (tertiary/aromatic N) is 2. The molecule has 3 heterocycles. The van der Waals surface area contributed by atoms with Crippen molar-refractivity contribution in [1.29, 1.82) is 0 Å². The summed E-state index contributed by atoms with van der Waals surface area (Å²) in [5.74, 6) is 0. The molecule has 5 heteroatoms. The monoisotopic (exact) mass is 698 g/mol. The molecule has 3 aromatic heterocycles. The zero-order chi connectivity index (χ0) is 33.9. The van der Waals surface area contributed by atoms with Gasteiger partial charge >= 0.3 is 0 Å². The Labute approximate surface area is 305 Å². The number of anilines is 5. The molecule has 8 rings (SSSR count). The van der Waals surface area contributed by atoms with Crippen molar-refractivity contribution in [3.8, 4) is 22.3 Å². The highest BCUT2D eigenvalue weighted by molar-refractivity contribution is 7.48. The molecular weight excluding hydrogens is 665 g/mol. The van der Waals surface area contributed by atoms with E-state index in [0.717, 1.165) is 34.1 Å². The molecule has 8 aromatic rings. The highest BCUT2D eigenvalue weighted by Gasteiger charge is 2.20. The van der Waals surface area contributed by atoms with E-state index in [0.29, 0.717) is 0 Å². The van der Waals surface area contributed by atoms with Gasteiger partial charge in [0.25, 0.3) is 0 Å². The minimum atomic E-state index is 1.02. The summed E-state index contributed by atoms with van der Waals surface area (Å²) in [7, 11) is 0. The van der Waals surface area contributed by atoms with Crippen LogP contribution in [0.5, 0.6) is 0 Å². The third-order valence-electron chi connectivity index (χ3n) is 8.79. The second kappa shape index (κ2) is 14.2. The average Bonchev–Trinajstić information content (AvgIpc) is 3.88. The van der Waals surface area contributed by atoms with Gasteiger partial charge in [0.15, 0.2) is 0 Å². The molecule has 0 saturated heterocycles. The maximum atomic E-state index is 4.13. The van der Waals surface area contributed by atoms with Crippen LogP contribution in [0.25, 0.3) is 41.1 Å². The van der Waals surface area contributed by atoms with Gasteiger partial charge in [-0.3, -0.25) is 0 Å². The van der Waals surface area contributed by atoms with Crippen molar-refractivity contribution < 1.29 is 0 Å². The Kier molecular flexibility index (Phi) is 9.02. The topological polar surface area (TPSA) is 6.48 Å². The summed E-state index contributed by atoms with van der Waals surface area (Å²) < 4.78 is 2.75. The van der Waals surface area contributed by atoms with Crippen LogP contribution in [0.3, 0.4) is 0 Å². The normalized spacial score (nSPS) is 11.8. The molecule has 0 fully saturated rings. The predicted molar refractivity (Wildman–Crippen MR) is 222 cm³/mol. The minimum absolute atomic E-state index is 1.02. The summed E-state index contributed by atoms with van der Waals surface area (Å²) in [6.45, 7) is 6.16. The highest BCUT2D eigenvalue weighted by Crippen LogP contribution is 2.50. The summed E-state index contributed by atoms with van der Waals surface area (Å²) in [5, 5.41) is 7.38. The molecule has 2 nitrogen and oxygen atoms in total. The molecule has 0 unspecified atom stereocenters. The van der Waals surface area contributed by atoms with Gasteiger partial charge in [-0.05, 0) is 90.9 Å². The van der Waals surface area contributed by atoms with Gasteiger partial charge in [-0.2, -0.15) is 0 Å². The highest BCUT2D eigenvalue weighted by atomic mass is 32.2. The Morgan fingerprint density at radius 3 is 1.42 bits per heavy atom. The van der Waals surface area contributed by atoms with Gasteiger partial charge in [-0.15, -0.1) is 34.0 Å². The van der Waals surface area contributed by atoms with Gasteiger partial charge in [-0.1, -0.05) is 97.6 Å². The van der Waals surface area contributed by atoms with E-state index in [1.807, 2.05) is 53.1 Å². The number of hydrogen-bond donors (Lipinski definition) is 0. The van der Waals surface area contributed by atoms with Crippen LogP contribution in [0.15, 0.2) is 187 Å². The van der Waals surface area contributed by atoms with Crippen LogP contribution < -0.4 is 9.80 Å². The predicted octanol–water partition coefficient (Wildman–Crippen LogP) is 14.8. The van der Waals surface area contributed by atoms with Gasteiger partial charge in [0.2, 0.25) is 0 Å². The smallest absolute Gasteiger partial charge is 0.0892 e. The fourth-order valence-corrected chi connectivity index (χ4v) is 10.2. The summed E-state index contributed by atoms with van der Waals surface area (Å²) >= 11 is 5.61. The molecule has 0 aliphatic carbocycles. The second-order valence-electron chi connectivity index (χ2n) is 11.8. The lowest BCUT2D eigenvalue weighted by molar-refractivity contribution is 1.21. The van der Waals surface area contributed by atoms with Gasteiger partial charge < -0.3 is 9.80 Å². The first-order chi connectivity index (χ1) is 24.7. The van der Waals surface area contributed by atoms with Crippen molar-refractivity contribution in [1.82, 2.24) is 0 Å². The molecule has 0 N–H and O–H groups in total. The SMILES string of the molecule is C=C/C(=C\C=C/C)N(c1ccccc1)c1ccc(-c2csc3sc4scc(-c5ccc(N(c6ccccc6)c6ccccc6)cc5)c4c23)cc1. The number of benzene rings is 5. The number of fused-ring (bicyclic) bond motifs is 3. The van der Waals surface area contributed by atoms with Gasteiger partial charge in [0, 0.05) is 66.8 Å². The van der Waals surface area contributed by atoms with Crippen LogP contribution in [0, 0.1) is 0 Å². The van der Waals surface area contributed by atoms with Gasteiger partial charge in [0.1, 0.15) is 0 Å². The molecule has 242 valence electrons. The molecule has 5 aromatic carbocycles. The number of para-hydroxylation sites is 3. The Hall–Kier alpha value is -5.46. The molecule has 0 saturated carbocycles. The Morgan fingerprint density at radius 2 is 0.960 bits per heavy atom. The third-order valence-corrected chi connectivity index (χ3v) is 12.2. The van der Waals surface area contributed by atoms with Crippen LogP contribution in [-0.2, 0) is 0 Å². The van der Waals surface area contributed by atoms with E-state index in [1.165, 1.54) is 41.1 Å². The summed E-state index contributed by atoms with van der Waals surface area (Å²) in [6, 6.07) is 49.6. The molecular formula is C45H34N2S3. The maximum Gasteiger partial charge on any atom is 0.0892 e. The standard InChI is InChI=1S/C45H34N2S3/c1-3-5-15-34(4-2)46(35-16-9-6-10-17-35)38-26-22-32(23-27-38)40-30-48-44-42(40)43-41(31-49-45(43)50-44)33-24-28-39(29-25-33)47(36-18-11-7-12-19-36)37-20-13-8-14-21-37/h3-31H,2H2,1H3/b5-3-,34-15+. The van der Waals surface area contributed by atoms with E-state index in [1.54, 1.807) is 0 Å². The Balaban J connectivity index is 1.17. The van der Waals surface area contributed by atoms with E-state index in [9.17, 15) is 0 Å². The van der Waals surface area contributed by atoms with Crippen LogP contribution in [-0.4, -0.2) is 0 Å². The lowest BCUT2D eigenvalue weighted by Gasteiger charge is -2.26. The lowest BCUT2D eigenvalue weighted by atomic mass is 10.00. The van der Waals surface area contributed by atoms with E-state index < -0.39 is 0 Å². The maximum absolute atomic E-state index is 4.13. The Bertz CT molecular complexity index is 2390. The van der Waals surface area contributed by atoms with E-state index >= 15 is 0 Å². The number of rotatable bonds is 10. The van der Waals surface area contributed by atoms with Gasteiger partial charge in [0.05, 0.1) is 8.03 Å².